The Balaban J connectivity index is 1.60. The van der Waals surface area contributed by atoms with Gasteiger partial charge in [0.15, 0.2) is 11.5 Å². The molecule has 2 aliphatic carbocycles. The van der Waals surface area contributed by atoms with Crippen molar-refractivity contribution in [1.82, 2.24) is 0 Å². The number of hydrogen-bond acceptors (Lipinski definition) is 3. The first-order valence-corrected chi connectivity index (χ1v) is 8.37. The minimum Gasteiger partial charge on any atom is -0.490 e. The van der Waals surface area contributed by atoms with Crippen LogP contribution in [-0.2, 0) is 5.60 Å². The molecule has 3 nitrogen and oxygen atoms in total. The Hall–Kier alpha value is -1.22. The van der Waals surface area contributed by atoms with Gasteiger partial charge in [0.1, 0.15) is 0 Å². The van der Waals surface area contributed by atoms with E-state index in [4.69, 9.17) is 9.47 Å². The van der Waals surface area contributed by atoms with E-state index in [2.05, 4.69) is 0 Å². The molecule has 114 valence electrons. The summed E-state index contributed by atoms with van der Waals surface area (Å²) in [5.74, 6) is 3.19. The van der Waals surface area contributed by atoms with E-state index in [1.807, 2.05) is 18.2 Å². The lowest BCUT2D eigenvalue weighted by molar-refractivity contribution is -0.0253. The fourth-order valence-corrected chi connectivity index (χ4v) is 3.98. The Bertz CT molecular complexity index is 523. The van der Waals surface area contributed by atoms with Crippen molar-refractivity contribution < 1.29 is 14.6 Å². The van der Waals surface area contributed by atoms with Crippen LogP contribution in [0.3, 0.4) is 0 Å². The van der Waals surface area contributed by atoms with Gasteiger partial charge in [-0.2, -0.15) is 0 Å². The summed E-state index contributed by atoms with van der Waals surface area (Å²) in [5.41, 5.74) is 0.341. The largest absolute Gasteiger partial charge is 0.490 e. The van der Waals surface area contributed by atoms with Gasteiger partial charge in [0.2, 0.25) is 0 Å². The van der Waals surface area contributed by atoms with E-state index in [0.29, 0.717) is 19.1 Å². The maximum Gasteiger partial charge on any atom is 0.161 e. The Morgan fingerprint density at radius 3 is 2.57 bits per heavy atom. The van der Waals surface area contributed by atoms with E-state index >= 15 is 0 Å². The predicted octanol–water partition coefficient (Wildman–Crippen LogP) is 3.64. The van der Waals surface area contributed by atoms with Crippen molar-refractivity contribution >= 4 is 0 Å². The van der Waals surface area contributed by atoms with Crippen LogP contribution in [0.5, 0.6) is 11.5 Å². The summed E-state index contributed by atoms with van der Waals surface area (Å²) in [5, 5.41) is 11.2. The number of rotatable bonds is 2. The van der Waals surface area contributed by atoms with Crippen molar-refractivity contribution in [2.45, 2.75) is 50.5 Å². The van der Waals surface area contributed by atoms with E-state index in [0.717, 1.165) is 48.7 Å². The summed E-state index contributed by atoms with van der Waals surface area (Å²) in [6.07, 6.45) is 7.85. The van der Waals surface area contributed by atoms with Crippen LogP contribution in [-0.4, -0.2) is 18.3 Å². The van der Waals surface area contributed by atoms with Crippen molar-refractivity contribution in [2.24, 2.45) is 11.8 Å². The van der Waals surface area contributed by atoms with E-state index in [1.54, 1.807) is 0 Å². The van der Waals surface area contributed by atoms with Gasteiger partial charge in [-0.05, 0) is 68.1 Å². The molecule has 1 aromatic carbocycles. The second kappa shape index (κ2) is 5.20. The Labute approximate surface area is 126 Å². The van der Waals surface area contributed by atoms with Gasteiger partial charge in [-0.3, -0.25) is 0 Å². The van der Waals surface area contributed by atoms with E-state index in [9.17, 15) is 5.11 Å². The molecule has 1 aromatic rings. The summed E-state index contributed by atoms with van der Waals surface area (Å²) < 4.78 is 11.5. The molecule has 2 fully saturated rings. The number of aliphatic hydroxyl groups is 1. The molecular weight excluding hydrogens is 264 g/mol. The fourth-order valence-electron chi connectivity index (χ4n) is 3.98. The fraction of sp³-hybridized carbons (Fsp3) is 0.667. The van der Waals surface area contributed by atoms with Crippen LogP contribution in [0.25, 0.3) is 0 Å². The van der Waals surface area contributed by atoms with Crippen molar-refractivity contribution in [3.8, 4) is 11.5 Å². The molecule has 3 aliphatic rings. The average Bonchev–Trinajstić information content (AvgIpc) is 3.33. The summed E-state index contributed by atoms with van der Waals surface area (Å²) in [7, 11) is 0. The summed E-state index contributed by atoms with van der Waals surface area (Å²) in [4.78, 5) is 0. The lowest BCUT2D eigenvalue weighted by Crippen LogP contribution is -2.33. The smallest absolute Gasteiger partial charge is 0.161 e. The number of fused-ring (bicyclic) bond motifs is 1. The zero-order valence-corrected chi connectivity index (χ0v) is 12.5. The quantitative estimate of drug-likeness (QED) is 0.903. The first-order valence-electron chi connectivity index (χ1n) is 8.37. The average molecular weight is 288 g/mol. The van der Waals surface area contributed by atoms with Gasteiger partial charge in [0.25, 0.3) is 0 Å². The van der Waals surface area contributed by atoms with Crippen LogP contribution >= 0.6 is 0 Å². The third-order valence-electron chi connectivity index (χ3n) is 5.34. The van der Waals surface area contributed by atoms with Crippen molar-refractivity contribution in [3.05, 3.63) is 23.8 Å². The van der Waals surface area contributed by atoms with Crippen molar-refractivity contribution in [1.29, 1.82) is 0 Å². The van der Waals surface area contributed by atoms with Gasteiger partial charge in [-0.15, -0.1) is 0 Å². The maximum atomic E-state index is 11.2. The van der Waals surface area contributed by atoms with E-state index in [-0.39, 0.29) is 0 Å². The van der Waals surface area contributed by atoms with Gasteiger partial charge in [0, 0.05) is 6.42 Å². The number of benzene rings is 1. The highest BCUT2D eigenvalue weighted by atomic mass is 16.5. The molecule has 1 heterocycles. The van der Waals surface area contributed by atoms with Crippen molar-refractivity contribution in [3.63, 3.8) is 0 Å². The zero-order chi connectivity index (χ0) is 14.3. The Morgan fingerprint density at radius 2 is 1.76 bits per heavy atom. The highest BCUT2D eigenvalue weighted by Crippen LogP contribution is 2.50. The number of ether oxygens (including phenoxy) is 2. The molecule has 1 aliphatic heterocycles. The second-order valence-corrected chi connectivity index (χ2v) is 6.94. The van der Waals surface area contributed by atoms with Crippen LogP contribution < -0.4 is 9.47 Å². The second-order valence-electron chi connectivity index (χ2n) is 6.94. The molecule has 0 radical (unpaired) electrons. The SMILES string of the molecule is OC1(c2ccc3c(c2)OCCCO3)CCCC(C2CC2)C1. The molecule has 21 heavy (non-hydrogen) atoms. The Morgan fingerprint density at radius 1 is 0.952 bits per heavy atom. The Kier molecular flexibility index (Phi) is 3.33. The molecule has 3 heteroatoms. The number of hydrogen-bond donors (Lipinski definition) is 1. The molecule has 4 rings (SSSR count). The topological polar surface area (TPSA) is 38.7 Å². The van der Waals surface area contributed by atoms with Crippen LogP contribution in [0.15, 0.2) is 18.2 Å². The first-order chi connectivity index (χ1) is 10.2. The summed E-state index contributed by atoms with van der Waals surface area (Å²) in [6, 6.07) is 6.01. The molecule has 0 saturated heterocycles. The van der Waals surface area contributed by atoms with Gasteiger partial charge < -0.3 is 14.6 Å². The monoisotopic (exact) mass is 288 g/mol. The van der Waals surface area contributed by atoms with Crippen LogP contribution in [0.4, 0.5) is 0 Å². The van der Waals surface area contributed by atoms with E-state index < -0.39 is 5.60 Å². The third-order valence-corrected chi connectivity index (χ3v) is 5.34. The molecule has 0 aromatic heterocycles. The van der Waals surface area contributed by atoms with Gasteiger partial charge in [-0.25, -0.2) is 0 Å². The molecular formula is C18H24O3. The minimum atomic E-state index is -0.670. The lowest BCUT2D eigenvalue weighted by Gasteiger charge is -2.37. The van der Waals surface area contributed by atoms with Gasteiger partial charge >= 0.3 is 0 Å². The molecule has 2 saturated carbocycles. The normalized spacial score (nSPS) is 32.5. The maximum absolute atomic E-state index is 11.2. The highest BCUT2D eigenvalue weighted by Gasteiger charge is 2.42. The standard InChI is InChI=1S/C18H24O3/c19-18(8-1-3-14(12-18)13-4-5-13)15-6-7-16-17(11-15)21-10-2-9-20-16/h6-7,11,13-14,19H,1-5,8-10,12H2. The predicted molar refractivity (Wildman–Crippen MR) is 80.6 cm³/mol. The molecule has 2 atom stereocenters. The minimum absolute atomic E-state index is 0.670. The first kappa shape index (κ1) is 13.4. The lowest BCUT2D eigenvalue weighted by atomic mass is 9.73. The third kappa shape index (κ3) is 2.64. The summed E-state index contributed by atoms with van der Waals surface area (Å²) in [6.45, 7) is 1.40. The molecule has 0 spiro atoms. The van der Waals surface area contributed by atoms with Crippen LogP contribution in [0.2, 0.25) is 0 Å². The molecule has 2 unspecified atom stereocenters. The van der Waals surface area contributed by atoms with E-state index in [1.165, 1.54) is 19.3 Å². The highest BCUT2D eigenvalue weighted by molar-refractivity contribution is 5.45. The van der Waals surface area contributed by atoms with Gasteiger partial charge in [-0.1, -0.05) is 6.07 Å². The van der Waals surface area contributed by atoms with Crippen LogP contribution in [0, 0.1) is 11.8 Å². The zero-order valence-electron chi connectivity index (χ0n) is 12.5. The molecule has 0 amide bonds. The summed E-state index contributed by atoms with van der Waals surface area (Å²) >= 11 is 0. The van der Waals surface area contributed by atoms with Crippen molar-refractivity contribution in [2.75, 3.05) is 13.2 Å². The van der Waals surface area contributed by atoms with Crippen LogP contribution in [0.1, 0.15) is 50.5 Å². The molecule has 0 bridgehead atoms. The molecule has 1 N–H and O–H groups in total. The van der Waals surface area contributed by atoms with Gasteiger partial charge in [0.05, 0.1) is 18.8 Å².